The number of nitrogens with zero attached hydrogens (tertiary/aromatic N) is 1. The number of rotatable bonds is 5. The van der Waals surface area contributed by atoms with Crippen LogP contribution in [0.5, 0.6) is 0 Å². The third-order valence-electron chi connectivity index (χ3n) is 4.46. The van der Waals surface area contributed by atoms with Gasteiger partial charge in [0.05, 0.1) is 18.2 Å². The molecule has 134 valence electrons. The van der Waals surface area contributed by atoms with E-state index in [2.05, 4.69) is 26.0 Å². The topological polar surface area (TPSA) is 65.2 Å². The van der Waals surface area contributed by atoms with E-state index in [1.54, 1.807) is 6.07 Å². The smallest absolute Gasteiger partial charge is 0.337 e. The number of carbonyl (C=O) groups excluding carboxylic acids is 1. The SMILES string of the molecule is COC(=O)c1ccc2nc(CC(C)C)c(CN)c(-c3ccccc3)c2c1. The quantitative estimate of drug-likeness (QED) is 0.696. The second-order valence-corrected chi connectivity index (χ2v) is 6.80. The Kier molecular flexibility index (Phi) is 5.33. The van der Waals surface area contributed by atoms with Crippen molar-refractivity contribution < 1.29 is 9.53 Å². The van der Waals surface area contributed by atoms with Crippen LogP contribution in [0.3, 0.4) is 0 Å². The Balaban J connectivity index is 2.36. The van der Waals surface area contributed by atoms with Gasteiger partial charge in [-0.05, 0) is 47.2 Å². The lowest BCUT2D eigenvalue weighted by molar-refractivity contribution is 0.0601. The van der Waals surface area contributed by atoms with Gasteiger partial charge in [0.2, 0.25) is 0 Å². The third kappa shape index (κ3) is 3.46. The maximum atomic E-state index is 12.0. The maximum absolute atomic E-state index is 12.0. The van der Waals surface area contributed by atoms with Gasteiger partial charge in [-0.15, -0.1) is 0 Å². The minimum absolute atomic E-state index is 0.355. The van der Waals surface area contributed by atoms with Crippen molar-refractivity contribution in [2.75, 3.05) is 7.11 Å². The lowest BCUT2D eigenvalue weighted by Gasteiger charge is -2.18. The van der Waals surface area contributed by atoms with E-state index in [9.17, 15) is 4.79 Å². The monoisotopic (exact) mass is 348 g/mol. The van der Waals surface area contributed by atoms with Crippen LogP contribution in [0.2, 0.25) is 0 Å². The van der Waals surface area contributed by atoms with Gasteiger partial charge >= 0.3 is 5.97 Å². The first-order valence-corrected chi connectivity index (χ1v) is 8.84. The molecule has 0 atom stereocenters. The van der Waals surface area contributed by atoms with Gasteiger partial charge in [-0.25, -0.2) is 4.79 Å². The van der Waals surface area contributed by atoms with Gasteiger partial charge in [-0.1, -0.05) is 44.2 Å². The Morgan fingerprint density at radius 3 is 2.50 bits per heavy atom. The molecule has 0 unspecified atom stereocenters. The van der Waals surface area contributed by atoms with Crippen LogP contribution in [-0.4, -0.2) is 18.1 Å². The molecule has 0 amide bonds. The summed E-state index contributed by atoms with van der Waals surface area (Å²) in [4.78, 5) is 16.9. The van der Waals surface area contributed by atoms with Crippen molar-refractivity contribution in [2.24, 2.45) is 11.7 Å². The Morgan fingerprint density at radius 2 is 1.88 bits per heavy atom. The molecule has 3 rings (SSSR count). The number of ether oxygens (including phenoxy) is 1. The van der Waals surface area contributed by atoms with Crippen molar-refractivity contribution in [1.82, 2.24) is 4.98 Å². The second kappa shape index (κ2) is 7.67. The molecule has 0 aliphatic rings. The van der Waals surface area contributed by atoms with E-state index in [0.29, 0.717) is 18.0 Å². The Bertz CT molecular complexity index is 934. The number of nitrogens with two attached hydrogens (primary N) is 1. The molecule has 2 aromatic carbocycles. The fourth-order valence-corrected chi connectivity index (χ4v) is 3.31. The van der Waals surface area contributed by atoms with Crippen molar-refractivity contribution in [1.29, 1.82) is 0 Å². The zero-order chi connectivity index (χ0) is 18.7. The number of methoxy groups -OCH3 is 1. The van der Waals surface area contributed by atoms with E-state index in [1.807, 2.05) is 30.3 Å². The first-order valence-electron chi connectivity index (χ1n) is 8.84. The highest BCUT2D eigenvalue weighted by Crippen LogP contribution is 2.34. The van der Waals surface area contributed by atoms with Crippen LogP contribution in [-0.2, 0) is 17.7 Å². The predicted molar refractivity (Wildman–Crippen MR) is 105 cm³/mol. The summed E-state index contributed by atoms with van der Waals surface area (Å²) in [5.41, 5.74) is 11.7. The van der Waals surface area contributed by atoms with Crippen LogP contribution in [0.25, 0.3) is 22.0 Å². The molecule has 2 N–H and O–H groups in total. The molecule has 0 radical (unpaired) electrons. The molecule has 0 saturated carbocycles. The first-order chi connectivity index (χ1) is 12.5. The van der Waals surface area contributed by atoms with Gasteiger partial charge in [0.1, 0.15) is 0 Å². The Labute approximate surface area is 154 Å². The van der Waals surface area contributed by atoms with Gasteiger partial charge in [-0.2, -0.15) is 0 Å². The Hall–Kier alpha value is -2.72. The van der Waals surface area contributed by atoms with Crippen molar-refractivity contribution in [2.45, 2.75) is 26.8 Å². The molecule has 4 nitrogen and oxygen atoms in total. The summed E-state index contributed by atoms with van der Waals surface area (Å²) in [6, 6.07) is 15.6. The van der Waals surface area contributed by atoms with Crippen LogP contribution in [0.15, 0.2) is 48.5 Å². The number of hydrogen-bond donors (Lipinski definition) is 1. The van der Waals surface area contributed by atoms with Gasteiger partial charge in [-0.3, -0.25) is 4.98 Å². The van der Waals surface area contributed by atoms with Crippen LogP contribution in [0, 0.1) is 5.92 Å². The summed E-state index contributed by atoms with van der Waals surface area (Å²) < 4.78 is 4.88. The minimum Gasteiger partial charge on any atom is -0.465 e. The first kappa shape index (κ1) is 18.1. The summed E-state index contributed by atoms with van der Waals surface area (Å²) in [5, 5.41) is 0.923. The van der Waals surface area contributed by atoms with Crippen molar-refractivity contribution in [3.63, 3.8) is 0 Å². The van der Waals surface area contributed by atoms with E-state index in [0.717, 1.165) is 39.7 Å². The molecular formula is C22H24N2O2. The average Bonchev–Trinajstić information content (AvgIpc) is 2.66. The van der Waals surface area contributed by atoms with Crippen LogP contribution in [0.4, 0.5) is 0 Å². The molecule has 0 spiro atoms. The number of hydrogen-bond acceptors (Lipinski definition) is 4. The predicted octanol–water partition coefficient (Wildman–Crippen LogP) is 4.35. The van der Waals surface area contributed by atoms with Crippen molar-refractivity contribution in [3.8, 4) is 11.1 Å². The molecule has 0 fully saturated rings. The van der Waals surface area contributed by atoms with E-state index in [1.165, 1.54) is 7.11 Å². The van der Waals surface area contributed by atoms with Gasteiger partial charge in [0.25, 0.3) is 0 Å². The number of aromatic nitrogens is 1. The molecular weight excluding hydrogens is 324 g/mol. The highest BCUT2D eigenvalue weighted by molar-refractivity contribution is 6.01. The lowest BCUT2D eigenvalue weighted by atomic mass is 9.91. The van der Waals surface area contributed by atoms with Crippen molar-refractivity contribution >= 4 is 16.9 Å². The number of carbonyl (C=O) groups is 1. The minimum atomic E-state index is -0.355. The highest BCUT2D eigenvalue weighted by Gasteiger charge is 2.18. The average molecular weight is 348 g/mol. The molecule has 3 aromatic rings. The molecule has 1 aromatic heterocycles. The van der Waals surface area contributed by atoms with E-state index >= 15 is 0 Å². The Morgan fingerprint density at radius 1 is 1.15 bits per heavy atom. The molecule has 0 aliphatic heterocycles. The maximum Gasteiger partial charge on any atom is 0.337 e. The molecule has 26 heavy (non-hydrogen) atoms. The third-order valence-corrected chi connectivity index (χ3v) is 4.46. The molecule has 0 aliphatic carbocycles. The zero-order valence-electron chi connectivity index (χ0n) is 15.5. The van der Waals surface area contributed by atoms with E-state index in [-0.39, 0.29) is 5.97 Å². The standard InChI is InChI=1S/C22H24N2O2/c1-14(2)11-20-18(13-23)21(15-7-5-4-6-8-15)17-12-16(22(25)26-3)9-10-19(17)24-20/h4-10,12,14H,11,13,23H2,1-3H3. The molecule has 4 heteroatoms. The molecule has 0 bridgehead atoms. The zero-order valence-corrected chi connectivity index (χ0v) is 15.5. The van der Waals surface area contributed by atoms with E-state index < -0.39 is 0 Å². The van der Waals surface area contributed by atoms with Gasteiger partial charge < -0.3 is 10.5 Å². The van der Waals surface area contributed by atoms with E-state index in [4.69, 9.17) is 15.5 Å². The summed E-state index contributed by atoms with van der Waals surface area (Å²) in [6.45, 7) is 4.75. The number of pyridine rings is 1. The number of fused-ring (bicyclic) bond motifs is 1. The van der Waals surface area contributed by atoms with Gasteiger partial charge in [0.15, 0.2) is 0 Å². The van der Waals surface area contributed by atoms with Crippen molar-refractivity contribution in [3.05, 3.63) is 65.4 Å². The van der Waals surface area contributed by atoms with Crippen LogP contribution >= 0.6 is 0 Å². The fraction of sp³-hybridized carbons (Fsp3) is 0.273. The summed E-state index contributed by atoms with van der Waals surface area (Å²) in [7, 11) is 1.39. The second-order valence-electron chi connectivity index (χ2n) is 6.80. The number of esters is 1. The fourth-order valence-electron chi connectivity index (χ4n) is 3.31. The normalized spacial score (nSPS) is 11.1. The summed E-state index contributed by atoms with van der Waals surface area (Å²) in [5.74, 6) is 0.120. The van der Waals surface area contributed by atoms with Gasteiger partial charge in [0, 0.05) is 17.6 Å². The highest BCUT2D eigenvalue weighted by atomic mass is 16.5. The molecule has 1 heterocycles. The largest absolute Gasteiger partial charge is 0.465 e. The van der Waals surface area contributed by atoms with Crippen LogP contribution in [0.1, 0.15) is 35.5 Å². The molecule has 0 saturated heterocycles. The summed E-state index contributed by atoms with van der Waals surface area (Å²) >= 11 is 0. The van der Waals surface area contributed by atoms with Crippen LogP contribution < -0.4 is 5.73 Å². The lowest BCUT2D eigenvalue weighted by Crippen LogP contribution is -2.10. The number of benzene rings is 2. The summed E-state index contributed by atoms with van der Waals surface area (Å²) in [6.07, 6.45) is 0.862.